The van der Waals surface area contributed by atoms with Gasteiger partial charge in [-0.05, 0) is 36.8 Å². The molecule has 3 aromatic rings. The lowest BCUT2D eigenvalue weighted by Crippen LogP contribution is -2.27. The Morgan fingerprint density at radius 1 is 1.28 bits per heavy atom. The minimum absolute atomic E-state index is 0.0387. The second kappa shape index (κ2) is 7.17. The molecule has 0 aliphatic heterocycles. The van der Waals surface area contributed by atoms with Crippen LogP contribution in [-0.4, -0.2) is 18.0 Å². The SMILES string of the molecule is COc1ccc2c(C)c(CC(=O)NCc3ccccn3)c(=O)oc2c1. The van der Waals surface area contributed by atoms with E-state index >= 15 is 0 Å². The number of methoxy groups -OCH3 is 1. The minimum Gasteiger partial charge on any atom is -0.497 e. The molecule has 0 spiro atoms. The molecule has 25 heavy (non-hydrogen) atoms. The number of hydrogen-bond acceptors (Lipinski definition) is 5. The van der Waals surface area contributed by atoms with E-state index in [1.807, 2.05) is 31.2 Å². The largest absolute Gasteiger partial charge is 0.497 e. The Kier molecular flexibility index (Phi) is 4.79. The summed E-state index contributed by atoms with van der Waals surface area (Å²) in [6.45, 7) is 2.13. The fraction of sp³-hybridized carbons (Fsp3) is 0.211. The lowest BCUT2D eigenvalue weighted by atomic mass is 10.0. The van der Waals surface area contributed by atoms with Crippen LogP contribution in [0.1, 0.15) is 16.8 Å². The molecule has 6 nitrogen and oxygen atoms in total. The van der Waals surface area contributed by atoms with Gasteiger partial charge in [0.05, 0.1) is 31.3 Å². The molecule has 2 aromatic heterocycles. The van der Waals surface area contributed by atoms with E-state index in [1.165, 1.54) is 0 Å². The van der Waals surface area contributed by atoms with Crippen LogP contribution in [0.2, 0.25) is 0 Å². The van der Waals surface area contributed by atoms with Crippen molar-refractivity contribution in [2.75, 3.05) is 7.11 Å². The molecule has 0 saturated carbocycles. The van der Waals surface area contributed by atoms with Crippen LogP contribution in [0.5, 0.6) is 5.75 Å². The van der Waals surface area contributed by atoms with Crippen molar-refractivity contribution < 1.29 is 13.9 Å². The number of amides is 1. The number of aryl methyl sites for hydroxylation is 1. The van der Waals surface area contributed by atoms with E-state index in [1.54, 1.807) is 25.4 Å². The van der Waals surface area contributed by atoms with E-state index in [0.29, 0.717) is 23.4 Å². The fourth-order valence-corrected chi connectivity index (χ4v) is 2.62. The number of pyridine rings is 1. The third kappa shape index (κ3) is 3.68. The van der Waals surface area contributed by atoms with Gasteiger partial charge in [-0.3, -0.25) is 9.78 Å². The predicted octanol–water partition coefficient (Wildman–Crippen LogP) is 2.36. The number of carbonyl (C=O) groups excluding carboxylic acids is 1. The van der Waals surface area contributed by atoms with Crippen LogP contribution in [0.15, 0.2) is 51.8 Å². The van der Waals surface area contributed by atoms with Gasteiger partial charge in [0.15, 0.2) is 0 Å². The van der Waals surface area contributed by atoms with Crippen LogP contribution in [0.4, 0.5) is 0 Å². The Morgan fingerprint density at radius 3 is 2.84 bits per heavy atom. The van der Waals surface area contributed by atoms with Crippen LogP contribution in [-0.2, 0) is 17.8 Å². The van der Waals surface area contributed by atoms with E-state index in [-0.39, 0.29) is 12.3 Å². The van der Waals surface area contributed by atoms with Crippen LogP contribution in [0, 0.1) is 6.92 Å². The highest BCUT2D eigenvalue weighted by Gasteiger charge is 2.15. The third-order valence-corrected chi connectivity index (χ3v) is 4.02. The summed E-state index contributed by atoms with van der Waals surface area (Å²) in [6.07, 6.45) is 1.63. The predicted molar refractivity (Wildman–Crippen MR) is 93.6 cm³/mol. The van der Waals surface area contributed by atoms with E-state index < -0.39 is 5.63 Å². The maximum Gasteiger partial charge on any atom is 0.340 e. The molecule has 0 unspecified atom stereocenters. The number of ether oxygens (including phenoxy) is 1. The summed E-state index contributed by atoms with van der Waals surface area (Å²) in [7, 11) is 1.55. The Morgan fingerprint density at radius 2 is 2.12 bits per heavy atom. The molecule has 0 aliphatic carbocycles. The molecule has 0 radical (unpaired) electrons. The molecule has 0 bridgehead atoms. The molecule has 2 heterocycles. The first-order chi connectivity index (χ1) is 12.1. The highest BCUT2D eigenvalue weighted by Crippen LogP contribution is 2.24. The lowest BCUT2D eigenvalue weighted by molar-refractivity contribution is -0.120. The number of benzene rings is 1. The van der Waals surface area contributed by atoms with Crippen molar-refractivity contribution in [1.29, 1.82) is 0 Å². The average Bonchev–Trinajstić information content (AvgIpc) is 2.63. The molecule has 128 valence electrons. The standard InChI is InChI=1S/C19H18N2O4/c1-12-15-7-6-14(24-2)9-17(15)25-19(23)16(12)10-18(22)21-11-13-5-3-4-8-20-13/h3-9H,10-11H2,1-2H3,(H,21,22). The zero-order valence-electron chi connectivity index (χ0n) is 14.0. The van der Waals surface area contributed by atoms with E-state index in [0.717, 1.165) is 16.6 Å². The molecular formula is C19H18N2O4. The molecule has 6 heteroatoms. The molecule has 0 fully saturated rings. The quantitative estimate of drug-likeness (QED) is 0.722. The highest BCUT2D eigenvalue weighted by molar-refractivity contribution is 5.85. The molecular weight excluding hydrogens is 320 g/mol. The molecule has 1 N–H and O–H groups in total. The zero-order valence-corrected chi connectivity index (χ0v) is 14.0. The first-order valence-corrected chi connectivity index (χ1v) is 7.85. The summed E-state index contributed by atoms with van der Waals surface area (Å²) in [4.78, 5) is 28.6. The monoisotopic (exact) mass is 338 g/mol. The van der Waals surface area contributed by atoms with Crippen LogP contribution in [0.3, 0.4) is 0 Å². The van der Waals surface area contributed by atoms with Gasteiger partial charge in [-0.25, -0.2) is 4.79 Å². The van der Waals surface area contributed by atoms with Gasteiger partial charge in [-0.15, -0.1) is 0 Å². The second-order valence-corrected chi connectivity index (χ2v) is 5.63. The normalized spacial score (nSPS) is 10.6. The van der Waals surface area contributed by atoms with Gasteiger partial charge in [-0.2, -0.15) is 0 Å². The van der Waals surface area contributed by atoms with Crippen molar-refractivity contribution in [1.82, 2.24) is 10.3 Å². The van der Waals surface area contributed by atoms with Crippen molar-refractivity contribution in [3.63, 3.8) is 0 Å². The van der Waals surface area contributed by atoms with Gasteiger partial charge in [0, 0.05) is 17.6 Å². The Labute approximate surface area is 144 Å². The van der Waals surface area contributed by atoms with Gasteiger partial charge in [-0.1, -0.05) is 6.07 Å². The number of aromatic nitrogens is 1. The summed E-state index contributed by atoms with van der Waals surface area (Å²) < 4.78 is 10.5. The maximum atomic E-state index is 12.3. The van der Waals surface area contributed by atoms with Crippen LogP contribution >= 0.6 is 0 Å². The minimum atomic E-state index is -0.508. The Balaban J connectivity index is 1.81. The number of hydrogen-bond donors (Lipinski definition) is 1. The summed E-state index contributed by atoms with van der Waals surface area (Å²) >= 11 is 0. The summed E-state index contributed by atoms with van der Waals surface area (Å²) in [5.74, 6) is 0.352. The van der Waals surface area contributed by atoms with Crippen LogP contribution < -0.4 is 15.7 Å². The number of fused-ring (bicyclic) bond motifs is 1. The van der Waals surface area contributed by atoms with Gasteiger partial charge >= 0.3 is 5.63 Å². The average molecular weight is 338 g/mol. The zero-order chi connectivity index (χ0) is 17.8. The third-order valence-electron chi connectivity index (χ3n) is 4.02. The van der Waals surface area contributed by atoms with E-state index in [9.17, 15) is 9.59 Å². The van der Waals surface area contributed by atoms with Crippen molar-refractivity contribution in [3.8, 4) is 5.75 Å². The van der Waals surface area contributed by atoms with Crippen molar-refractivity contribution in [2.24, 2.45) is 0 Å². The van der Waals surface area contributed by atoms with Crippen molar-refractivity contribution >= 4 is 16.9 Å². The van der Waals surface area contributed by atoms with Crippen molar-refractivity contribution in [3.05, 3.63) is 69.8 Å². The Hall–Kier alpha value is -3.15. The topological polar surface area (TPSA) is 81.4 Å². The smallest absolute Gasteiger partial charge is 0.340 e. The second-order valence-electron chi connectivity index (χ2n) is 5.63. The summed E-state index contributed by atoms with van der Waals surface area (Å²) in [6, 6.07) is 10.8. The number of nitrogens with one attached hydrogen (secondary N) is 1. The molecule has 0 aliphatic rings. The van der Waals surface area contributed by atoms with Gasteiger partial charge in [0.2, 0.25) is 5.91 Å². The summed E-state index contributed by atoms with van der Waals surface area (Å²) in [5, 5.41) is 3.55. The first kappa shape index (κ1) is 16.7. The Bertz CT molecular complexity index is 964. The summed E-state index contributed by atoms with van der Waals surface area (Å²) in [5.41, 5.74) is 1.79. The molecule has 0 saturated heterocycles. The first-order valence-electron chi connectivity index (χ1n) is 7.85. The molecule has 0 atom stereocenters. The number of carbonyl (C=O) groups is 1. The highest BCUT2D eigenvalue weighted by atomic mass is 16.5. The van der Waals surface area contributed by atoms with Crippen molar-refractivity contribution in [2.45, 2.75) is 19.9 Å². The van der Waals surface area contributed by atoms with Gasteiger partial charge in [0.25, 0.3) is 0 Å². The van der Waals surface area contributed by atoms with Gasteiger partial charge in [0.1, 0.15) is 11.3 Å². The number of rotatable bonds is 5. The molecule has 3 rings (SSSR count). The number of nitrogens with zero attached hydrogens (tertiary/aromatic N) is 1. The molecule has 1 aromatic carbocycles. The van der Waals surface area contributed by atoms with Crippen LogP contribution in [0.25, 0.3) is 11.0 Å². The fourth-order valence-electron chi connectivity index (χ4n) is 2.62. The lowest BCUT2D eigenvalue weighted by Gasteiger charge is -2.09. The van der Waals surface area contributed by atoms with E-state index in [2.05, 4.69) is 10.3 Å². The van der Waals surface area contributed by atoms with E-state index in [4.69, 9.17) is 9.15 Å². The maximum absolute atomic E-state index is 12.3. The molecule has 1 amide bonds. The van der Waals surface area contributed by atoms with Gasteiger partial charge < -0.3 is 14.5 Å².